The smallest absolute Gasteiger partial charge is 0.237 e. The second-order valence-electron chi connectivity index (χ2n) is 7.19. The zero-order chi connectivity index (χ0) is 19.4. The van der Waals surface area contributed by atoms with E-state index in [1.807, 2.05) is 56.1 Å². The number of hydrogen-bond donors (Lipinski definition) is 1. The fourth-order valence-electron chi connectivity index (χ4n) is 2.95. The van der Waals surface area contributed by atoms with Crippen LogP contribution in [0.5, 0.6) is 0 Å². The predicted molar refractivity (Wildman–Crippen MR) is 102 cm³/mol. The van der Waals surface area contributed by atoms with E-state index in [9.17, 15) is 9.59 Å². The van der Waals surface area contributed by atoms with Crippen LogP contribution in [0.15, 0.2) is 36.7 Å². The molecule has 1 aliphatic rings. The van der Waals surface area contributed by atoms with Crippen molar-refractivity contribution in [3.63, 3.8) is 0 Å². The third kappa shape index (κ3) is 4.71. The molecule has 1 N–H and O–H groups in total. The van der Waals surface area contributed by atoms with Crippen LogP contribution >= 0.6 is 0 Å². The van der Waals surface area contributed by atoms with Crippen molar-refractivity contribution >= 4 is 17.5 Å². The molecule has 1 aromatic heterocycles. The van der Waals surface area contributed by atoms with Crippen molar-refractivity contribution in [3.8, 4) is 0 Å². The first kappa shape index (κ1) is 19.0. The van der Waals surface area contributed by atoms with Crippen molar-refractivity contribution in [1.29, 1.82) is 0 Å². The van der Waals surface area contributed by atoms with E-state index in [2.05, 4.69) is 15.4 Å². The normalized spacial score (nSPS) is 16.9. The lowest BCUT2D eigenvalue weighted by Crippen LogP contribution is -2.44. The van der Waals surface area contributed by atoms with E-state index in [1.54, 1.807) is 9.58 Å². The molecule has 8 nitrogen and oxygen atoms in total. The average Bonchev–Trinajstić information content (AvgIpc) is 2.99. The minimum atomic E-state index is -0.401. The number of nitrogens with zero attached hydrogens (tertiary/aromatic N) is 5. The molecular formula is C19H26N6O2. The van der Waals surface area contributed by atoms with Gasteiger partial charge in [-0.15, -0.1) is 0 Å². The molecule has 1 unspecified atom stereocenters. The number of rotatable bonds is 5. The topological polar surface area (TPSA) is 83.4 Å². The van der Waals surface area contributed by atoms with Crippen LogP contribution in [-0.2, 0) is 22.7 Å². The summed E-state index contributed by atoms with van der Waals surface area (Å²) in [6.45, 7) is 5.50. The van der Waals surface area contributed by atoms with Gasteiger partial charge in [0.25, 0.3) is 0 Å². The molecule has 0 fully saturated rings. The van der Waals surface area contributed by atoms with Crippen LogP contribution in [0, 0.1) is 5.92 Å². The summed E-state index contributed by atoms with van der Waals surface area (Å²) in [6.07, 6.45) is 1.47. The summed E-state index contributed by atoms with van der Waals surface area (Å²) >= 11 is 0. The Labute approximate surface area is 159 Å². The predicted octanol–water partition coefficient (Wildman–Crippen LogP) is 1.22. The summed E-state index contributed by atoms with van der Waals surface area (Å²) < 4.78 is 1.72. The van der Waals surface area contributed by atoms with Crippen molar-refractivity contribution in [2.24, 2.45) is 5.92 Å². The maximum atomic E-state index is 12.8. The fraction of sp³-hybridized carbons (Fsp3) is 0.474. The van der Waals surface area contributed by atoms with Gasteiger partial charge in [-0.25, -0.2) is 9.67 Å². The number of carbonyl (C=O) groups excluding carboxylic acids is 2. The molecule has 0 saturated carbocycles. The highest BCUT2D eigenvalue weighted by atomic mass is 16.2. The molecule has 1 atom stereocenters. The lowest BCUT2D eigenvalue weighted by Gasteiger charge is -2.27. The number of benzene rings is 1. The van der Waals surface area contributed by atoms with Gasteiger partial charge in [-0.05, 0) is 33.0 Å². The largest absolute Gasteiger partial charge is 0.333 e. The van der Waals surface area contributed by atoms with E-state index in [0.29, 0.717) is 32.0 Å². The van der Waals surface area contributed by atoms with Gasteiger partial charge in [0, 0.05) is 18.3 Å². The number of anilines is 1. The standard InChI is InChI=1S/C19H26N6O2/c1-14(2)23(3)12-18(26)24-9-15(10-25-17(11-24)20-13-21-25)19(27)22-16-7-5-4-6-8-16/h4-8,13-15H,9-12H2,1-3H3,(H,22,27). The summed E-state index contributed by atoms with van der Waals surface area (Å²) in [6, 6.07) is 9.59. The molecule has 1 aromatic carbocycles. The zero-order valence-corrected chi connectivity index (χ0v) is 16.0. The van der Waals surface area contributed by atoms with Crippen LogP contribution in [0.1, 0.15) is 19.7 Å². The van der Waals surface area contributed by atoms with E-state index in [1.165, 1.54) is 6.33 Å². The van der Waals surface area contributed by atoms with Crippen LogP contribution in [0.2, 0.25) is 0 Å². The maximum absolute atomic E-state index is 12.8. The van der Waals surface area contributed by atoms with Crippen LogP contribution < -0.4 is 5.32 Å². The Morgan fingerprint density at radius 3 is 2.70 bits per heavy atom. The number of amides is 2. The van der Waals surface area contributed by atoms with Crippen molar-refractivity contribution in [3.05, 3.63) is 42.5 Å². The first-order chi connectivity index (χ1) is 12.9. The summed E-state index contributed by atoms with van der Waals surface area (Å²) in [4.78, 5) is 33.6. The Bertz CT molecular complexity index is 789. The molecule has 2 amide bonds. The molecular weight excluding hydrogens is 344 g/mol. The molecule has 144 valence electrons. The number of aromatic nitrogens is 3. The van der Waals surface area contributed by atoms with Gasteiger partial charge in [-0.3, -0.25) is 14.5 Å². The second-order valence-corrected chi connectivity index (χ2v) is 7.19. The monoisotopic (exact) mass is 370 g/mol. The SMILES string of the molecule is CC(C)N(C)CC(=O)N1Cc2ncnn2CC(C(=O)Nc2ccccc2)C1. The summed E-state index contributed by atoms with van der Waals surface area (Å²) in [5.74, 6) is 0.159. The molecule has 0 bridgehead atoms. The Morgan fingerprint density at radius 2 is 2.00 bits per heavy atom. The van der Waals surface area contributed by atoms with Crippen LogP contribution in [-0.4, -0.2) is 62.6 Å². The maximum Gasteiger partial charge on any atom is 0.237 e. The van der Waals surface area contributed by atoms with Gasteiger partial charge in [0.05, 0.1) is 25.6 Å². The first-order valence-corrected chi connectivity index (χ1v) is 9.14. The number of hydrogen-bond acceptors (Lipinski definition) is 5. The minimum absolute atomic E-state index is 0.0137. The van der Waals surface area contributed by atoms with Crippen molar-refractivity contribution in [1.82, 2.24) is 24.6 Å². The quantitative estimate of drug-likeness (QED) is 0.855. The molecule has 0 saturated heterocycles. The Morgan fingerprint density at radius 1 is 1.26 bits per heavy atom. The number of likely N-dealkylation sites (N-methyl/N-ethyl adjacent to an activating group) is 1. The molecule has 3 rings (SSSR count). The van der Waals surface area contributed by atoms with Crippen molar-refractivity contribution in [2.45, 2.75) is 33.0 Å². The van der Waals surface area contributed by atoms with Gasteiger partial charge in [-0.2, -0.15) is 5.10 Å². The van der Waals surface area contributed by atoms with E-state index < -0.39 is 5.92 Å². The number of fused-ring (bicyclic) bond motifs is 1. The summed E-state index contributed by atoms with van der Waals surface area (Å²) in [5, 5.41) is 7.15. The Kier molecular flexibility index (Phi) is 5.85. The molecule has 2 heterocycles. The van der Waals surface area contributed by atoms with Crippen molar-refractivity contribution in [2.75, 3.05) is 25.5 Å². The fourth-order valence-corrected chi connectivity index (χ4v) is 2.95. The van der Waals surface area contributed by atoms with Gasteiger partial charge < -0.3 is 10.2 Å². The number of carbonyl (C=O) groups is 2. The van der Waals surface area contributed by atoms with Gasteiger partial charge in [0.15, 0.2) is 0 Å². The molecule has 27 heavy (non-hydrogen) atoms. The Hall–Kier alpha value is -2.74. The molecule has 8 heteroatoms. The third-order valence-electron chi connectivity index (χ3n) is 4.89. The highest BCUT2D eigenvalue weighted by Gasteiger charge is 2.31. The van der Waals surface area contributed by atoms with E-state index in [-0.39, 0.29) is 17.9 Å². The average molecular weight is 370 g/mol. The lowest BCUT2D eigenvalue weighted by atomic mass is 10.1. The molecule has 0 spiro atoms. The molecule has 0 radical (unpaired) electrons. The van der Waals surface area contributed by atoms with Gasteiger partial charge in [0.2, 0.25) is 11.8 Å². The third-order valence-corrected chi connectivity index (χ3v) is 4.89. The van der Waals surface area contributed by atoms with Gasteiger partial charge >= 0.3 is 0 Å². The number of nitrogens with one attached hydrogen (secondary N) is 1. The number of para-hydroxylation sites is 1. The lowest BCUT2D eigenvalue weighted by molar-refractivity contribution is -0.134. The molecule has 2 aromatic rings. The van der Waals surface area contributed by atoms with E-state index >= 15 is 0 Å². The van der Waals surface area contributed by atoms with Crippen molar-refractivity contribution < 1.29 is 9.59 Å². The van der Waals surface area contributed by atoms with Crippen LogP contribution in [0.25, 0.3) is 0 Å². The summed E-state index contributed by atoms with van der Waals surface area (Å²) in [7, 11) is 1.92. The van der Waals surface area contributed by atoms with Crippen LogP contribution in [0.4, 0.5) is 5.69 Å². The van der Waals surface area contributed by atoms with E-state index in [0.717, 1.165) is 5.69 Å². The van der Waals surface area contributed by atoms with E-state index in [4.69, 9.17) is 0 Å². The summed E-state index contributed by atoms with van der Waals surface area (Å²) in [5.41, 5.74) is 0.739. The molecule has 0 aliphatic carbocycles. The minimum Gasteiger partial charge on any atom is -0.333 e. The second kappa shape index (κ2) is 8.30. The highest BCUT2D eigenvalue weighted by molar-refractivity contribution is 5.93. The molecule has 1 aliphatic heterocycles. The van der Waals surface area contributed by atoms with Crippen LogP contribution in [0.3, 0.4) is 0 Å². The highest BCUT2D eigenvalue weighted by Crippen LogP contribution is 2.17. The van der Waals surface area contributed by atoms with Gasteiger partial charge in [-0.1, -0.05) is 18.2 Å². The first-order valence-electron chi connectivity index (χ1n) is 9.14. The van der Waals surface area contributed by atoms with Gasteiger partial charge in [0.1, 0.15) is 12.2 Å². The Balaban J connectivity index is 1.76. The zero-order valence-electron chi connectivity index (χ0n) is 16.0.